The molecular formula is C8H18N4. The van der Waals surface area contributed by atoms with E-state index in [1.54, 1.807) is 0 Å². The Kier molecular flexibility index (Phi) is 5.12. The minimum atomic E-state index is 0.0129. The Morgan fingerprint density at radius 2 is 2.25 bits per heavy atom. The monoisotopic (exact) mass is 170 g/mol. The molecule has 0 unspecified atom stereocenters. The van der Waals surface area contributed by atoms with E-state index < -0.39 is 0 Å². The fraction of sp³-hybridized carbons (Fsp3) is 0.625. The zero-order valence-corrected chi connectivity index (χ0v) is 7.56. The van der Waals surface area contributed by atoms with E-state index in [-0.39, 0.29) is 12.0 Å². The molecule has 0 aliphatic heterocycles. The lowest BCUT2D eigenvalue weighted by Crippen LogP contribution is -2.32. The Hall–Kier alpha value is -1.03. The lowest BCUT2D eigenvalue weighted by Gasteiger charge is -2.10. The fourth-order valence-electron chi connectivity index (χ4n) is 0.791. The maximum absolute atomic E-state index is 6.88. The van der Waals surface area contributed by atoms with Gasteiger partial charge >= 0.3 is 0 Å². The predicted molar refractivity (Wildman–Crippen MR) is 51.9 cm³/mol. The van der Waals surface area contributed by atoms with E-state index in [2.05, 4.69) is 11.9 Å². The van der Waals surface area contributed by atoms with Crippen LogP contribution in [-0.2, 0) is 0 Å². The van der Waals surface area contributed by atoms with E-state index in [1.807, 2.05) is 6.92 Å². The van der Waals surface area contributed by atoms with Crippen LogP contribution < -0.4 is 16.8 Å². The van der Waals surface area contributed by atoms with Crippen molar-refractivity contribution < 1.29 is 0 Å². The van der Waals surface area contributed by atoms with E-state index in [1.165, 1.54) is 0 Å². The van der Waals surface area contributed by atoms with Crippen molar-refractivity contribution in [1.82, 2.24) is 5.32 Å². The van der Waals surface area contributed by atoms with Gasteiger partial charge in [0.05, 0.1) is 0 Å². The highest BCUT2D eigenvalue weighted by atomic mass is 15.0. The molecule has 4 nitrogen and oxygen atoms in total. The summed E-state index contributed by atoms with van der Waals surface area (Å²) in [6.07, 6.45) is 1.79. The summed E-state index contributed by atoms with van der Waals surface area (Å²) in [5.74, 6) is 0.0129. The number of hydrogen-bond donors (Lipinski definition) is 4. The first-order valence-corrected chi connectivity index (χ1v) is 4.03. The zero-order valence-electron chi connectivity index (χ0n) is 7.56. The molecule has 0 heterocycles. The Bertz CT molecular complexity index is 164. The molecule has 0 aromatic carbocycles. The van der Waals surface area contributed by atoms with Crippen molar-refractivity contribution in [2.45, 2.75) is 25.8 Å². The predicted octanol–water partition coefficient (Wildman–Crippen LogP) is 0.153. The van der Waals surface area contributed by atoms with Crippen molar-refractivity contribution in [2.24, 2.45) is 11.5 Å². The summed E-state index contributed by atoms with van der Waals surface area (Å²) in [6, 6.07) is 0.0683. The SMILES string of the molecule is C=C(C)[C@@H](N)CCCNC(=N)N. The number of guanidine groups is 1. The van der Waals surface area contributed by atoms with Crippen LogP contribution in [0.1, 0.15) is 19.8 Å². The molecule has 0 saturated heterocycles. The number of hydrogen-bond acceptors (Lipinski definition) is 2. The van der Waals surface area contributed by atoms with Crippen LogP contribution in [0.3, 0.4) is 0 Å². The van der Waals surface area contributed by atoms with Gasteiger partial charge in [0.15, 0.2) is 5.96 Å². The van der Waals surface area contributed by atoms with Gasteiger partial charge in [0.1, 0.15) is 0 Å². The molecule has 1 atom stereocenters. The highest BCUT2D eigenvalue weighted by Gasteiger charge is 2.01. The summed E-state index contributed by atoms with van der Waals surface area (Å²) >= 11 is 0. The molecule has 0 aliphatic carbocycles. The second kappa shape index (κ2) is 5.60. The molecule has 0 bridgehead atoms. The van der Waals surface area contributed by atoms with Gasteiger partial charge in [-0.05, 0) is 19.8 Å². The molecule has 6 N–H and O–H groups in total. The second-order valence-electron chi connectivity index (χ2n) is 2.94. The summed E-state index contributed by atoms with van der Waals surface area (Å²) in [6.45, 7) is 6.38. The number of rotatable bonds is 5. The van der Waals surface area contributed by atoms with Crippen LogP contribution in [0.2, 0.25) is 0 Å². The number of nitrogens with one attached hydrogen (secondary N) is 2. The van der Waals surface area contributed by atoms with Gasteiger partial charge in [-0.1, -0.05) is 12.2 Å². The minimum Gasteiger partial charge on any atom is -0.370 e. The van der Waals surface area contributed by atoms with E-state index >= 15 is 0 Å². The van der Waals surface area contributed by atoms with Gasteiger partial charge in [0.2, 0.25) is 0 Å². The van der Waals surface area contributed by atoms with Crippen LogP contribution in [0.15, 0.2) is 12.2 Å². The molecule has 0 radical (unpaired) electrons. The van der Waals surface area contributed by atoms with Crippen LogP contribution >= 0.6 is 0 Å². The summed E-state index contributed by atoms with van der Waals surface area (Å²) < 4.78 is 0. The summed E-state index contributed by atoms with van der Waals surface area (Å²) in [5.41, 5.74) is 11.8. The van der Waals surface area contributed by atoms with Crippen molar-refractivity contribution in [3.63, 3.8) is 0 Å². The van der Waals surface area contributed by atoms with E-state index in [4.69, 9.17) is 16.9 Å². The Labute approximate surface area is 73.5 Å². The van der Waals surface area contributed by atoms with Gasteiger partial charge < -0.3 is 16.8 Å². The molecule has 0 fully saturated rings. The third-order valence-electron chi connectivity index (χ3n) is 1.64. The quantitative estimate of drug-likeness (QED) is 0.205. The van der Waals surface area contributed by atoms with Gasteiger partial charge in [-0.3, -0.25) is 5.41 Å². The van der Waals surface area contributed by atoms with Crippen molar-refractivity contribution >= 4 is 5.96 Å². The van der Waals surface area contributed by atoms with Gasteiger partial charge in [-0.2, -0.15) is 0 Å². The molecule has 12 heavy (non-hydrogen) atoms. The molecule has 0 aromatic heterocycles. The van der Waals surface area contributed by atoms with Crippen molar-refractivity contribution in [1.29, 1.82) is 5.41 Å². The third-order valence-corrected chi connectivity index (χ3v) is 1.64. The lowest BCUT2D eigenvalue weighted by molar-refractivity contribution is 0.632. The van der Waals surface area contributed by atoms with Crippen molar-refractivity contribution in [3.05, 3.63) is 12.2 Å². The van der Waals surface area contributed by atoms with E-state index in [9.17, 15) is 0 Å². The van der Waals surface area contributed by atoms with Gasteiger partial charge in [-0.15, -0.1) is 0 Å². The third kappa shape index (κ3) is 5.73. The molecule has 4 heteroatoms. The second-order valence-corrected chi connectivity index (χ2v) is 2.94. The first-order chi connectivity index (χ1) is 5.54. The Morgan fingerprint density at radius 1 is 1.67 bits per heavy atom. The first kappa shape index (κ1) is 11.0. The maximum atomic E-state index is 6.88. The zero-order chi connectivity index (χ0) is 9.56. The molecule has 0 aromatic rings. The average Bonchev–Trinajstić information content (AvgIpc) is 1.97. The molecule has 0 aliphatic rings. The topological polar surface area (TPSA) is 87.9 Å². The highest BCUT2D eigenvalue weighted by Crippen LogP contribution is 2.01. The molecule has 0 amide bonds. The summed E-state index contributed by atoms with van der Waals surface area (Å²) in [7, 11) is 0. The van der Waals surface area contributed by atoms with Crippen molar-refractivity contribution in [3.8, 4) is 0 Å². The lowest BCUT2D eigenvalue weighted by atomic mass is 10.1. The molecule has 0 spiro atoms. The highest BCUT2D eigenvalue weighted by molar-refractivity contribution is 5.74. The molecule has 0 rings (SSSR count). The largest absolute Gasteiger partial charge is 0.370 e. The normalized spacial score (nSPS) is 12.2. The van der Waals surface area contributed by atoms with Crippen LogP contribution in [-0.4, -0.2) is 18.5 Å². The smallest absolute Gasteiger partial charge is 0.185 e. The molecule has 0 saturated carbocycles. The Balaban J connectivity index is 3.31. The van der Waals surface area contributed by atoms with Crippen LogP contribution in [0.4, 0.5) is 0 Å². The van der Waals surface area contributed by atoms with Gasteiger partial charge in [0.25, 0.3) is 0 Å². The van der Waals surface area contributed by atoms with Gasteiger partial charge in [-0.25, -0.2) is 0 Å². The summed E-state index contributed by atoms with van der Waals surface area (Å²) in [5, 5.41) is 9.60. The van der Waals surface area contributed by atoms with Crippen LogP contribution in [0, 0.1) is 5.41 Å². The van der Waals surface area contributed by atoms with Crippen LogP contribution in [0.25, 0.3) is 0 Å². The average molecular weight is 170 g/mol. The van der Waals surface area contributed by atoms with E-state index in [0.29, 0.717) is 6.54 Å². The molecular weight excluding hydrogens is 152 g/mol. The van der Waals surface area contributed by atoms with E-state index in [0.717, 1.165) is 18.4 Å². The Morgan fingerprint density at radius 3 is 2.67 bits per heavy atom. The van der Waals surface area contributed by atoms with Crippen LogP contribution in [0.5, 0.6) is 0 Å². The fourth-order valence-corrected chi connectivity index (χ4v) is 0.791. The standard InChI is InChI=1S/C8H18N4/c1-6(2)7(9)4-3-5-12-8(10)11/h7H,1,3-5,9H2,2H3,(H4,10,11,12)/t7-/m0/s1. The van der Waals surface area contributed by atoms with Gasteiger partial charge in [0, 0.05) is 12.6 Å². The molecule has 70 valence electrons. The first-order valence-electron chi connectivity index (χ1n) is 4.03. The van der Waals surface area contributed by atoms with Crippen molar-refractivity contribution in [2.75, 3.05) is 6.54 Å². The maximum Gasteiger partial charge on any atom is 0.185 e. The number of nitrogens with two attached hydrogens (primary N) is 2. The minimum absolute atomic E-state index is 0.0129. The summed E-state index contributed by atoms with van der Waals surface area (Å²) in [4.78, 5) is 0.